The molecule has 2 rings (SSSR count). The number of anilines is 1. The number of carbonyl (C=O) groups excluding carboxylic acids is 2. The Balaban J connectivity index is 1.95. The molecule has 6 heteroatoms. The number of imide groups is 1. The summed E-state index contributed by atoms with van der Waals surface area (Å²) < 4.78 is 0.852. The molecule has 0 unspecified atom stereocenters. The SMILES string of the molecule is O=C(NC(=O)c1cccs1)Nc1cccc(Br)c1. The van der Waals surface area contributed by atoms with Crippen LogP contribution in [-0.2, 0) is 0 Å². The van der Waals surface area contributed by atoms with Gasteiger partial charge in [-0.1, -0.05) is 28.1 Å². The Morgan fingerprint density at radius 1 is 1.17 bits per heavy atom. The Labute approximate surface area is 116 Å². The predicted octanol–water partition coefficient (Wildman–Crippen LogP) is 3.47. The van der Waals surface area contributed by atoms with Crippen LogP contribution in [-0.4, -0.2) is 11.9 Å². The molecule has 3 amide bonds. The van der Waals surface area contributed by atoms with Crippen LogP contribution in [0.3, 0.4) is 0 Å². The molecule has 2 N–H and O–H groups in total. The van der Waals surface area contributed by atoms with Crippen molar-refractivity contribution in [2.45, 2.75) is 0 Å². The zero-order valence-electron chi connectivity index (χ0n) is 9.14. The number of amides is 3. The Morgan fingerprint density at radius 3 is 2.67 bits per heavy atom. The van der Waals surface area contributed by atoms with E-state index in [1.54, 1.807) is 35.7 Å². The van der Waals surface area contributed by atoms with E-state index in [0.717, 1.165) is 4.47 Å². The molecule has 0 atom stereocenters. The number of urea groups is 1. The molecule has 0 spiro atoms. The standard InChI is InChI=1S/C12H9BrN2O2S/c13-8-3-1-4-9(7-8)14-12(17)15-11(16)10-5-2-6-18-10/h1-7H,(H2,14,15,16,17). The summed E-state index contributed by atoms with van der Waals surface area (Å²) in [6.45, 7) is 0. The van der Waals surface area contributed by atoms with Crippen LogP contribution in [0, 0.1) is 0 Å². The molecule has 92 valence electrons. The van der Waals surface area contributed by atoms with E-state index in [2.05, 4.69) is 26.6 Å². The Bertz CT molecular complexity index is 569. The first-order valence-electron chi connectivity index (χ1n) is 5.06. The monoisotopic (exact) mass is 324 g/mol. The molecule has 0 bridgehead atoms. The lowest BCUT2D eigenvalue weighted by Crippen LogP contribution is -2.33. The van der Waals surface area contributed by atoms with E-state index in [0.29, 0.717) is 10.6 Å². The van der Waals surface area contributed by atoms with Gasteiger partial charge in [-0.05, 0) is 29.6 Å². The molecule has 0 aliphatic heterocycles. The number of hydrogen-bond donors (Lipinski definition) is 2. The summed E-state index contributed by atoms with van der Waals surface area (Å²) in [4.78, 5) is 23.7. The first-order chi connectivity index (χ1) is 8.65. The second kappa shape index (κ2) is 5.79. The van der Waals surface area contributed by atoms with Gasteiger partial charge in [0.1, 0.15) is 0 Å². The topological polar surface area (TPSA) is 58.2 Å². The normalized spacial score (nSPS) is 9.83. The highest BCUT2D eigenvalue weighted by atomic mass is 79.9. The van der Waals surface area contributed by atoms with Crippen LogP contribution in [0.15, 0.2) is 46.3 Å². The molecule has 0 saturated heterocycles. The van der Waals surface area contributed by atoms with Crippen molar-refractivity contribution in [1.82, 2.24) is 5.32 Å². The van der Waals surface area contributed by atoms with Gasteiger partial charge in [-0.15, -0.1) is 11.3 Å². The summed E-state index contributed by atoms with van der Waals surface area (Å²) in [5.74, 6) is -0.405. The van der Waals surface area contributed by atoms with Crippen molar-refractivity contribution >= 4 is 44.9 Å². The van der Waals surface area contributed by atoms with Crippen molar-refractivity contribution in [1.29, 1.82) is 0 Å². The second-order valence-corrected chi connectivity index (χ2v) is 5.26. The third-order valence-corrected chi connectivity index (χ3v) is 3.42. The van der Waals surface area contributed by atoms with E-state index < -0.39 is 11.9 Å². The first kappa shape index (κ1) is 12.8. The lowest BCUT2D eigenvalue weighted by atomic mass is 10.3. The van der Waals surface area contributed by atoms with Crippen LogP contribution in [0.25, 0.3) is 0 Å². The van der Waals surface area contributed by atoms with Crippen molar-refractivity contribution in [3.05, 3.63) is 51.1 Å². The molecule has 0 saturated carbocycles. The molecule has 0 aliphatic carbocycles. The van der Waals surface area contributed by atoms with Gasteiger partial charge >= 0.3 is 6.03 Å². The largest absolute Gasteiger partial charge is 0.326 e. The van der Waals surface area contributed by atoms with Crippen molar-refractivity contribution in [2.24, 2.45) is 0 Å². The van der Waals surface area contributed by atoms with Gasteiger partial charge in [0.05, 0.1) is 4.88 Å². The third-order valence-electron chi connectivity index (χ3n) is 2.05. The maximum Gasteiger partial charge on any atom is 0.326 e. The average Bonchev–Trinajstić information content (AvgIpc) is 2.81. The van der Waals surface area contributed by atoms with E-state index in [1.165, 1.54) is 11.3 Å². The number of thiophene rings is 1. The second-order valence-electron chi connectivity index (χ2n) is 3.40. The van der Waals surface area contributed by atoms with Gasteiger partial charge in [-0.3, -0.25) is 10.1 Å². The fourth-order valence-electron chi connectivity index (χ4n) is 1.30. The quantitative estimate of drug-likeness (QED) is 0.888. The van der Waals surface area contributed by atoms with Crippen LogP contribution in [0.2, 0.25) is 0 Å². The highest BCUT2D eigenvalue weighted by Gasteiger charge is 2.10. The number of halogens is 1. The van der Waals surface area contributed by atoms with Gasteiger partial charge in [0.2, 0.25) is 0 Å². The van der Waals surface area contributed by atoms with Crippen LogP contribution in [0.4, 0.5) is 10.5 Å². The minimum atomic E-state index is -0.550. The summed E-state index contributed by atoms with van der Waals surface area (Å²) in [7, 11) is 0. The van der Waals surface area contributed by atoms with Crippen molar-refractivity contribution in [2.75, 3.05) is 5.32 Å². The highest BCUT2D eigenvalue weighted by Crippen LogP contribution is 2.15. The first-order valence-corrected chi connectivity index (χ1v) is 6.74. The number of nitrogens with one attached hydrogen (secondary N) is 2. The molecule has 4 nitrogen and oxygen atoms in total. The summed E-state index contributed by atoms with van der Waals surface area (Å²) in [5.41, 5.74) is 0.612. The average molecular weight is 325 g/mol. The molecule has 0 aliphatic rings. The highest BCUT2D eigenvalue weighted by molar-refractivity contribution is 9.10. The van der Waals surface area contributed by atoms with E-state index in [-0.39, 0.29) is 0 Å². The van der Waals surface area contributed by atoms with Gasteiger partial charge < -0.3 is 5.32 Å². The van der Waals surface area contributed by atoms with Gasteiger partial charge in [0, 0.05) is 10.2 Å². The summed E-state index contributed by atoms with van der Waals surface area (Å²) >= 11 is 4.58. The number of carbonyl (C=O) groups is 2. The van der Waals surface area contributed by atoms with Crippen LogP contribution >= 0.6 is 27.3 Å². The maximum atomic E-state index is 11.6. The maximum absolute atomic E-state index is 11.6. The molecule has 18 heavy (non-hydrogen) atoms. The van der Waals surface area contributed by atoms with Crippen molar-refractivity contribution < 1.29 is 9.59 Å². The predicted molar refractivity (Wildman–Crippen MR) is 74.9 cm³/mol. The summed E-state index contributed by atoms with van der Waals surface area (Å²) in [5, 5.41) is 6.61. The molecule has 1 aromatic carbocycles. The van der Waals surface area contributed by atoms with Crippen LogP contribution in [0.5, 0.6) is 0 Å². The molecule has 0 fully saturated rings. The van der Waals surface area contributed by atoms with Gasteiger partial charge in [-0.25, -0.2) is 4.79 Å². The summed E-state index contributed by atoms with van der Waals surface area (Å²) in [6.07, 6.45) is 0. The van der Waals surface area contributed by atoms with E-state index in [4.69, 9.17) is 0 Å². The molecule has 1 aromatic heterocycles. The minimum absolute atomic E-state index is 0.405. The lowest BCUT2D eigenvalue weighted by molar-refractivity contribution is 0.0971. The van der Waals surface area contributed by atoms with E-state index in [1.807, 2.05) is 6.07 Å². The van der Waals surface area contributed by atoms with E-state index >= 15 is 0 Å². The van der Waals surface area contributed by atoms with Crippen LogP contribution < -0.4 is 10.6 Å². The Kier molecular flexibility index (Phi) is 4.11. The third kappa shape index (κ3) is 3.41. The number of benzene rings is 1. The molecule has 2 aromatic rings. The summed E-state index contributed by atoms with van der Waals surface area (Å²) in [6, 6.07) is 9.99. The number of hydrogen-bond acceptors (Lipinski definition) is 3. The zero-order valence-corrected chi connectivity index (χ0v) is 11.5. The smallest absolute Gasteiger partial charge is 0.308 e. The number of rotatable bonds is 2. The van der Waals surface area contributed by atoms with Gasteiger partial charge in [-0.2, -0.15) is 0 Å². The fourth-order valence-corrected chi connectivity index (χ4v) is 2.32. The Morgan fingerprint density at radius 2 is 2.00 bits per heavy atom. The van der Waals surface area contributed by atoms with Gasteiger partial charge in [0.15, 0.2) is 0 Å². The van der Waals surface area contributed by atoms with Crippen molar-refractivity contribution in [3.8, 4) is 0 Å². The van der Waals surface area contributed by atoms with Gasteiger partial charge in [0.25, 0.3) is 5.91 Å². The minimum Gasteiger partial charge on any atom is -0.308 e. The van der Waals surface area contributed by atoms with E-state index in [9.17, 15) is 9.59 Å². The molecule has 1 heterocycles. The Hall–Kier alpha value is -1.66. The lowest BCUT2D eigenvalue weighted by Gasteiger charge is -2.05. The molecular formula is C12H9BrN2O2S. The fraction of sp³-hybridized carbons (Fsp3) is 0. The van der Waals surface area contributed by atoms with Crippen molar-refractivity contribution in [3.63, 3.8) is 0 Å². The molecular weight excluding hydrogens is 316 g/mol. The zero-order chi connectivity index (χ0) is 13.0. The molecule has 0 radical (unpaired) electrons. The van der Waals surface area contributed by atoms with Crippen LogP contribution in [0.1, 0.15) is 9.67 Å².